The Morgan fingerprint density at radius 2 is 2.05 bits per heavy atom. The zero-order valence-electron chi connectivity index (χ0n) is 24.8. The highest BCUT2D eigenvalue weighted by molar-refractivity contribution is 7.81. The number of anilines is 1. The zero-order chi connectivity index (χ0) is 29.9. The molecule has 2 aromatic rings. The fourth-order valence-electron chi connectivity index (χ4n) is 6.52. The van der Waals surface area contributed by atoms with Gasteiger partial charge in [0.15, 0.2) is 0 Å². The smallest absolute Gasteiger partial charge is 0.248 e. The highest BCUT2D eigenvalue weighted by atomic mass is 35.5. The predicted molar refractivity (Wildman–Crippen MR) is 174 cm³/mol. The number of fused-ring (bicyclic) bond motifs is 3. The number of nitrogens with zero attached hydrogens (tertiary/aromatic N) is 1. The molecular formula is C34H44ClN3O3S. The van der Waals surface area contributed by atoms with Gasteiger partial charge in [0.25, 0.3) is 0 Å². The van der Waals surface area contributed by atoms with Crippen molar-refractivity contribution in [3.05, 3.63) is 70.3 Å². The van der Waals surface area contributed by atoms with Crippen molar-refractivity contribution in [3.63, 3.8) is 0 Å². The lowest BCUT2D eigenvalue weighted by atomic mass is 9.98. The number of amides is 2. The predicted octanol–water partition coefficient (Wildman–Crippen LogP) is 6.59. The first-order valence-electron chi connectivity index (χ1n) is 15.4. The molecule has 3 aliphatic rings. The first kappa shape index (κ1) is 30.8. The van der Waals surface area contributed by atoms with Gasteiger partial charge in [-0.05, 0) is 103 Å². The summed E-state index contributed by atoms with van der Waals surface area (Å²) in [7, 11) is 0. The average Bonchev–Trinajstić information content (AvgIpc) is 3.85. The SMILES string of the molecule is CCC(=O)NC[C@@H](S)[C@@H](C)C/C=C/C[C@@H]1C2C[C@]21CN1Cc2ccc(Cl)cc2CCCCOc2ccc(C(N)=O)cc21. The van der Waals surface area contributed by atoms with Gasteiger partial charge in [0, 0.05) is 41.9 Å². The Morgan fingerprint density at radius 3 is 2.81 bits per heavy atom. The lowest BCUT2D eigenvalue weighted by Crippen LogP contribution is -2.32. The van der Waals surface area contributed by atoms with Crippen LogP contribution in [0.2, 0.25) is 5.02 Å². The van der Waals surface area contributed by atoms with E-state index in [1.54, 1.807) is 6.07 Å². The molecule has 8 heteroatoms. The fraction of sp³-hybridized carbons (Fsp3) is 0.529. The van der Waals surface area contributed by atoms with Crippen LogP contribution < -0.4 is 20.7 Å². The number of carbonyl (C=O) groups is 2. The second-order valence-corrected chi connectivity index (χ2v) is 13.5. The van der Waals surface area contributed by atoms with E-state index in [1.165, 1.54) is 17.5 Å². The number of nitrogens with two attached hydrogens (primary N) is 1. The second-order valence-electron chi connectivity index (χ2n) is 12.4. The Hall–Kier alpha value is -2.64. The third kappa shape index (κ3) is 7.11. The summed E-state index contributed by atoms with van der Waals surface area (Å²) in [5, 5.41) is 3.85. The van der Waals surface area contributed by atoms with Gasteiger partial charge in [-0.2, -0.15) is 12.6 Å². The van der Waals surface area contributed by atoms with Crippen molar-refractivity contribution in [1.29, 1.82) is 0 Å². The van der Waals surface area contributed by atoms with Gasteiger partial charge in [-0.15, -0.1) is 0 Å². The molecule has 0 spiro atoms. The first-order chi connectivity index (χ1) is 20.2. The van der Waals surface area contributed by atoms with Gasteiger partial charge in [-0.1, -0.05) is 43.7 Å². The first-order valence-corrected chi connectivity index (χ1v) is 16.3. The summed E-state index contributed by atoms with van der Waals surface area (Å²) < 4.78 is 6.28. The number of benzene rings is 2. The van der Waals surface area contributed by atoms with Crippen LogP contribution in [0.5, 0.6) is 5.75 Å². The van der Waals surface area contributed by atoms with Gasteiger partial charge in [-0.25, -0.2) is 0 Å². The maximum absolute atomic E-state index is 12.2. The summed E-state index contributed by atoms with van der Waals surface area (Å²) in [5.74, 6) is 2.26. The van der Waals surface area contributed by atoms with Crippen LogP contribution in [0.1, 0.15) is 73.9 Å². The molecule has 0 bridgehead atoms. The van der Waals surface area contributed by atoms with E-state index in [1.807, 2.05) is 25.1 Å². The number of nitrogens with one attached hydrogen (secondary N) is 1. The van der Waals surface area contributed by atoms with Gasteiger partial charge in [0.2, 0.25) is 11.8 Å². The van der Waals surface area contributed by atoms with E-state index in [-0.39, 0.29) is 11.2 Å². The van der Waals surface area contributed by atoms with Crippen molar-refractivity contribution in [3.8, 4) is 5.75 Å². The van der Waals surface area contributed by atoms with Crippen molar-refractivity contribution in [1.82, 2.24) is 5.32 Å². The number of carbonyl (C=O) groups excluding carboxylic acids is 2. The molecule has 226 valence electrons. The summed E-state index contributed by atoms with van der Waals surface area (Å²) >= 11 is 11.1. The normalized spacial score (nSPS) is 24.3. The summed E-state index contributed by atoms with van der Waals surface area (Å²) in [6.07, 6.45) is 11.3. The van der Waals surface area contributed by atoms with Crippen LogP contribution in [0.15, 0.2) is 48.6 Å². The van der Waals surface area contributed by atoms with E-state index < -0.39 is 5.91 Å². The molecule has 2 saturated carbocycles. The minimum atomic E-state index is -0.429. The van der Waals surface area contributed by atoms with Crippen LogP contribution in [0.4, 0.5) is 5.69 Å². The van der Waals surface area contributed by atoms with Crippen molar-refractivity contribution < 1.29 is 14.3 Å². The van der Waals surface area contributed by atoms with Gasteiger partial charge in [0.05, 0.1) is 12.3 Å². The Balaban J connectivity index is 1.29. The number of aryl methyl sites for hydroxylation is 1. The molecule has 1 unspecified atom stereocenters. The van der Waals surface area contributed by atoms with Crippen LogP contribution in [0, 0.1) is 23.2 Å². The maximum Gasteiger partial charge on any atom is 0.248 e. The summed E-state index contributed by atoms with van der Waals surface area (Å²) in [6.45, 7) is 6.94. The fourth-order valence-corrected chi connectivity index (χ4v) is 6.92. The molecule has 0 aromatic heterocycles. The Kier molecular flexibility index (Phi) is 9.78. The lowest BCUT2D eigenvalue weighted by Gasteiger charge is -2.30. The molecule has 3 N–H and O–H groups in total. The summed E-state index contributed by atoms with van der Waals surface area (Å²) in [6, 6.07) is 11.8. The molecule has 5 atom stereocenters. The molecule has 2 aromatic carbocycles. The minimum absolute atomic E-state index is 0.0733. The number of hydrogen-bond donors (Lipinski definition) is 3. The second kappa shape index (κ2) is 13.3. The Labute approximate surface area is 260 Å². The van der Waals surface area contributed by atoms with E-state index in [9.17, 15) is 9.59 Å². The van der Waals surface area contributed by atoms with Crippen molar-refractivity contribution >= 4 is 41.7 Å². The van der Waals surface area contributed by atoms with Gasteiger partial charge in [0.1, 0.15) is 5.75 Å². The van der Waals surface area contributed by atoms with Crippen LogP contribution in [0.3, 0.4) is 0 Å². The molecular weight excluding hydrogens is 566 g/mol. The van der Waals surface area contributed by atoms with E-state index in [0.29, 0.717) is 42.4 Å². The molecule has 42 heavy (non-hydrogen) atoms. The van der Waals surface area contributed by atoms with Gasteiger partial charge in [-0.3, -0.25) is 9.59 Å². The van der Waals surface area contributed by atoms with Crippen LogP contribution in [-0.2, 0) is 17.8 Å². The third-order valence-electron chi connectivity index (χ3n) is 9.54. The number of halogens is 1. The van der Waals surface area contributed by atoms with E-state index in [4.69, 9.17) is 34.7 Å². The Morgan fingerprint density at radius 1 is 1.21 bits per heavy atom. The van der Waals surface area contributed by atoms with Crippen molar-refractivity contribution in [2.24, 2.45) is 28.9 Å². The van der Waals surface area contributed by atoms with Gasteiger partial charge < -0.3 is 20.7 Å². The topological polar surface area (TPSA) is 84.7 Å². The van der Waals surface area contributed by atoms with Crippen LogP contribution >= 0.6 is 24.2 Å². The highest BCUT2D eigenvalue weighted by Crippen LogP contribution is 2.81. The minimum Gasteiger partial charge on any atom is -0.491 e. The number of primary amides is 1. The number of rotatable bonds is 11. The summed E-state index contributed by atoms with van der Waals surface area (Å²) in [5.41, 5.74) is 10.0. The molecule has 2 fully saturated rings. The van der Waals surface area contributed by atoms with E-state index in [0.717, 1.165) is 67.6 Å². The monoisotopic (exact) mass is 609 g/mol. The molecule has 1 aliphatic heterocycles. The molecule has 2 amide bonds. The molecule has 1 heterocycles. The highest BCUT2D eigenvalue weighted by Gasteiger charge is 2.77. The molecule has 5 rings (SSSR count). The molecule has 0 saturated heterocycles. The standard InChI is InChI=1S/C34H44ClN3O3S/c1-3-32(39)37-19-31(42)22(2)8-4-5-10-27-28-18-34(27,28)21-38-20-25-11-13-26(35)16-23(25)9-6-7-15-41-30-14-12-24(33(36)40)17-29(30)38/h4-5,11-14,16-17,22,27-28,31,42H,3,6-10,15,18-21H2,1-2H3,(H2,36,40)(H,37,39)/b5-4+/t22-,27+,28?,31+,34+/m0/s1. The van der Waals surface area contributed by atoms with E-state index in [2.05, 4.69) is 41.4 Å². The van der Waals surface area contributed by atoms with Crippen LogP contribution in [-0.4, -0.2) is 36.8 Å². The number of ether oxygens (including phenoxy) is 1. The summed E-state index contributed by atoms with van der Waals surface area (Å²) in [4.78, 5) is 26.1. The number of hydrogen-bond acceptors (Lipinski definition) is 5. The third-order valence-corrected chi connectivity index (χ3v) is 10.5. The average molecular weight is 610 g/mol. The lowest BCUT2D eigenvalue weighted by molar-refractivity contribution is -0.120. The van der Waals surface area contributed by atoms with Crippen molar-refractivity contribution in [2.45, 2.75) is 70.6 Å². The van der Waals surface area contributed by atoms with Crippen LogP contribution in [0.25, 0.3) is 0 Å². The number of allylic oxidation sites excluding steroid dienone is 2. The zero-order valence-corrected chi connectivity index (χ0v) is 26.4. The molecule has 2 aliphatic carbocycles. The number of thiol groups is 1. The van der Waals surface area contributed by atoms with Crippen molar-refractivity contribution in [2.75, 3.05) is 24.6 Å². The molecule has 0 radical (unpaired) electrons. The Bertz CT molecular complexity index is 1330. The molecule has 6 nitrogen and oxygen atoms in total. The maximum atomic E-state index is 12.2. The van der Waals surface area contributed by atoms with E-state index >= 15 is 0 Å². The largest absolute Gasteiger partial charge is 0.491 e. The van der Waals surface area contributed by atoms with Gasteiger partial charge >= 0.3 is 0 Å². The quantitative estimate of drug-likeness (QED) is 0.198.